The van der Waals surface area contributed by atoms with Gasteiger partial charge in [0, 0.05) is 11.9 Å². The topological polar surface area (TPSA) is 80.9 Å². The average molecular weight is 376 g/mol. The quantitative estimate of drug-likeness (QED) is 0.487. The Balaban J connectivity index is 2.17. The number of halogens is 1. The molecule has 0 atom stereocenters. The van der Waals surface area contributed by atoms with Gasteiger partial charge in [0.05, 0.1) is 0 Å². The van der Waals surface area contributed by atoms with Crippen molar-refractivity contribution in [2.45, 2.75) is 19.4 Å². The fraction of sp³-hybridized carbons (Fsp3) is 0.462. The van der Waals surface area contributed by atoms with Gasteiger partial charge in [0.2, 0.25) is 11.5 Å². The summed E-state index contributed by atoms with van der Waals surface area (Å²) in [6.07, 6.45) is 1.81. The van der Waals surface area contributed by atoms with Crippen molar-refractivity contribution in [1.29, 1.82) is 0 Å². The van der Waals surface area contributed by atoms with Crippen molar-refractivity contribution in [2.24, 2.45) is 0 Å². The number of aromatic hydroxyl groups is 2. The number of phenolic OH excluding ortho intramolecular Hbond substituents is 2. The van der Waals surface area contributed by atoms with Crippen molar-refractivity contribution in [3.63, 3.8) is 0 Å². The normalized spacial score (nSPS) is 13.8. The second-order valence-corrected chi connectivity index (χ2v) is 6.48. The average Bonchev–Trinajstić information content (AvgIpc) is 2.83. The molecule has 2 aromatic rings. The van der Waals surface area contributed by atoms with Crippen molar-refractivity contribution in [3.05, 3.63) is 10.4 Å². The van der Waals surface area contributed by atoms with E-state index in [1.54, 1.807) is 3.96 Å². The van der Waals surface area contributed by atoms with Crippen LogP contribution in [0.2, 0.25) is 0 Å². The van der Waals surface area contributed by atoms with Crippen LogP contribution in [0.4, 0.5) is 0 Å². The molecule has 0 amide bonds. The van der Waals surface area contributed by atoms with Crippen molar-refractivity contribution in [1.82, 2.24) is 3.96 Å². The minimum atomic E-state index is -0.369. The second kappa shape index (κ2) is 5.76. The number of hydrogen-bond donors (Lipinski definition) is 2. The van der Waals surface area contributed by atoms with E-state index in [0.717, 1.165) is 29.7 Å². The molecule has 8 heteroatoms. The molecule has 0 radical (unpaired) electrons. The number of hydrogen-bond acceptors (Lipinski definition) is 6. The van der Waals surface area contributed by atoms with E-state index in [1.165, 1.54) is 0 Å². The van der Waals surface area contributed by atoms with Gasteiger partial charge in [0.15, 0.2) is 11.5 Å². The van der Waals surface area contributed by atoms with E-state index < -0.39 is 0 Å². The molecule has 21 heavy (non-hydrogen) atoms. The number of rotatable bonds is 4. The van der Waals surface area contributed by atoms with Gasteiger partial charge in [-0.15, -0.1) is 0 Å². The van der Waals surface area contributed by atoms with Crippen LogP contribution in [-0.2, 0) is 6.54 Å². The van der Waals surface area contributed by atoms with Crippen LogP contribution in [0, 0.1) is 0 Å². The molecule has 0 spiro atoms. The van der Waals surface area contributed by atoms with Crippen LogP contribution in [0.3, 0.4) is 0 Å². The van der Waals surface area contributed by atoms with Crippen molar-refractivity contribution in [3.8, 4) is 23.0 Å². The van der Waals surface area contributed by atoms with Crippen LogP contribution in [0.1, 0.15) is 12.8 Å². The number of phenols is 2. The number of aryl methyl sites for hydroxylation is 1. The predicted octanol–water partition coefficient (Wildman–Crippen LogP) is 2.42. The van der Waals surface area contributed by atoms with Crippen molar-refractivity contribution in [2.75, 3.05) is 18.5 Å². The van der Waals surface area contributed by atoms with Gasteiger partial charge in [-0.3, -0.25) is 8.75 Å². The maximum atomic E-state index is 12.5. The lowest BCUT2D eigenvalue weighted by molar-refractivity contribution is 0.167. The Morgan fingerprint density at radius 3 is 2.57 bits per heavy atom. The Labute approximate surface area is 132 Å². The molecule has 0 aliphatic carbocycles. The van der Waals surface area contributed by atoms with Gasteiger partial charge in [-0.05, 0) is 12.8 Å². The molecule has 2 N–H and O–H groups in total. The third kappa shape index (κ3) is 2.36. The molecule has 0 bridgehead atoms. The van der Waals surface area contributed by atoms with Crippen LogP contribution in [-0.4, -0.2) is 32.7 Å². The SMILES string of the molecule is O=c1c2c3c(c(O)c(O)c2sn1CCCCBr)OCCO3. The van der Waals surface area contributed by atoms with Crippen molar-refractivity contribution < 1.29 is 19.7 Å². The van der Waals surface area contributed by atoms with Crippen LogP contribution in [0.5, 0.6) is 23.0 Å². The van der Waals surface area contributed by atoms with E-state index in [1.807, 2.05) is 0 Å². The summed E-state index contributed by atoms with van der Waals surface area (Å²) < 4.78 is 12.7. The molecule has 0 saturated carbocycles. The lowest BCUT2D eigenvalue weighted by atomic mass is 10.2. The summed E-state index contributed by atoms with van der Waals surface area (Å²) in [6.45, 7) is 1.15. The minimum absolute atomic E-state index is 0.0498. The molecule has 1 aliphatic heterocycles. The Bertz CT molecular complexity index is 738. The van der Waals surface area contributed by atoms with Gasteiger partial charge >= 0.3 is 0 Å². The third-order valence-corrected chi connectivity index (χ3v) is 4.99. The number of aromatic nitrogens is 1. The fourth-order valence-electron chi connectivity index (χ4n) is 2.27. The molecule has 2 heterocycles. The zero-order chi connectivity index (χ0) is 15.0. The number of benzene rings is 1. The predicted molar refractivity (Wildman–Crippen MR) is 83.4 cm³/mol. The first-order valence-electron chi connectivity index (χ1n) is 6.58. The first-order valence-corrected chi connectivity index (χ1v) is 8.48. The Hall–Kier alpha value is -1.41. The summed E-state index contributed by atoms with van der Waals surface area (Å²) in [5.74, 6) is -0.414. The molecule has 0 unspecified atom stereocenters. The third-order valence-electron chi connectivity index (χ3n) is 3.28. The summed E-state index contributed by atoms with van der Waals surface area (Å²) >= 11 is 4.48. The van der Waals surface area contributed by atoms with E-state index in [0.29, 0.717) is 17.9 Å². The largest absolute Gasteiger partial charge is 0.503 e. The Morgan fingerprint density at radius 2 is 1.86 bits per heavy atom. The molecule has 1 aromatic heterocycles. The second-order valence-electron chi connectivity index (χ2n) is 4.65. The van der Waals surface area contributed by atoms with E-state index in [9.17, 15) is 15.0 Å². The van der Waals surface area contributed by atoms with Crippen molar-refractivity contribution >= 4 is 37.5 Å². The lowest BCUT2D eigenvalue weighted by Gasteiger charge is -2.19. The zero-order valence-electron chi connectivity index (χ0n) is 11.1. The fourth-order valence-corrected chi connectivity index (χ4v) is 3.74. The molecular weight excluding hydrogens is 362 g/mol. The molecule has 114 valence electrons. The Morgan fingerprint density at radius 1 is 1.14 bits per heavy atom. The number of alkyl halides is 1. The maximum absolute atomic E-state index is 12.5. The van der Waals surface area contributed by atoms with E-state index >= 15 is 0 Å². The summed E-state index contributed by atoms with van der Waals surface area (Å²) in [5.41, 5.74) is -0.221. The number of nitrogens with zero attached hydrogens (tertiary/aromatic N) is 1. The van der Waals surface area contributed by atoms with Crippen LogP contribution in [0.25, 0.3) is 10.1 Å². The van der Waals surface area contributed by atoms with E-state index in [4.69, 9.17) is 9.47 Å². The van der Waals surface area contributed by atoms with E-state index in [-0.39, 0.29) is 40.6 Å². The molecule has 6 nitrogen and oxygen atoms in total. The maximum Gasteiger partial charge on any atom is 0.272 e. The van der Waals surface area contributed by atoms with Gasteiger partial charge < -0.3 is 19.7 Å². The smallest absolute Gasteiger partial charge is 0.272 e. The highest BCUT2D eigenvalue weighted by atomic mass is 79.9. The summed E-state index contributed by atoms with van der Waals surface area (Å²) in [6, 6.07) is 0. The summed E-state index contributed by atoms with van der Waals surface area (Å²) in [4.78, 5) is 12.5. The molecule has 1 aromatic carbocycles. The molecule has 3 rings (SSSR count). The number of unbranched alkanes of at least 4 members (excludes halogenated alkanes) is 1. The Kier molecular flexibility index (Phi) is 3.99. The highest BCUT2D eigenvalue weighted by molar-refractivity contribution is 9.09. The first kappa shape index (κ1) is 14.5. The summed E-state index contributed by atoms with van der Waals surface area (Å²) in [5, 5.41) is 21.2. The van der Waals surface area contributed by atoms with Gasteiger partial charge in [-0.25, -0.2) is 0 Å². The number of fused-ring (bicyclic) bond motifs is 3. The van der Waals surface area contributed by atoms with Crippen LogP contribution < -0.4 is 15.0 Å². The lowest BCUT2D eigenvalue weighted by Crippen LogP contribution is -2.18. The van der Waals surface area contributed by atoms with Gasteiger partial charge in [0.25, 0.3) is 5.56 Å². The molecular formula is C13H14BrNO5S. The highest BCUT2D eigenvalue weighted by Crippen LogP contribution is 2.51. The zero-order valence-corrected chi connectivity index (χ0v) is 13.5. The standard InChI is InChI=1S/C13H14BrNO5S/c14-3-1-2-4-15-13(18)7-10-11(20-6-5-19-10)8(16)9(17)12(7)21-15/h16-17H,1-6H2. The van der Waals surface area contributed by atoms with Gasteiger partial charge in [-0.2, -0.15) is 0 Å². The van der Waals surface area contributed by atoms with Gasteiger partial charge in [-0.1, -0.05) is 27.5 Å². The molecule has 0 fully saturated rings. The molecule has 1 aliphatic rings. The molecule has 0 saturated heterocycles. The number of ether oxygens (including phenoxy) is 2. The first-order chi connectivity index (χ1) is 10.1. The van der Waals surface area contributed by atoms with Crippen LogP contribution >= 0.6 is 27.5 Å². The van der Waals surface area contributed by atoms with Crippen LogP contribution in [0.15, 0.2) is 4.79 Å². The minimum Gasteiger partial charge on any atom is -0.503 e. The van der Waals surface area contributed by atoms with E-state index in [2.05, 4.69) is 15.9 Å². The highest BCUT2D eigenvalue weighted by Gasteiger charge is 2.28. The monoisotopic (exact) mass is 375 g/mol. The summed E-state index contributed by atoms with van der Waals surface area (Å²) in [7, 11) is 0. The van der Waals surface area contributed by atoms with Gasteiger partial charge in [0.1, 0.15) is 23.3 Å².